The Balaban J connectivity index is 2.38. The van der Waals surface area contributed by atoms with E-state index in [1.165, 1.54) is 6.92 Å². The van der Waals surface area contributed by atoms with Gasteiger partial charge in [0.25, 0.3) is 0 Å². The lowest BCUT2D eigenvalue weighted by Gasteiger charge is -2.07. The second-order valence-electron chi connectivity index (χ2n) is 3.69. The van der Waals surface area contributed by atoms with E-state index in [2.05, 4.69) is 31.3 Å². The average Bonchev–Trinajstić information content (AvgIpc) is 2.36. The van der Waals surface area contributed by atoms with Gasteiger partial charge in [0.05, 0.1) is 0 Å². The van der Waals surface area contributed by atoms with Gasteiger partial charge in [-0.05, 0) is 24.3 Å². The summed E-state index contributed by atoms with van der Waals surface area (Å²) in [6.45, 7) is 1.22. The van der Waals surface area contributed by atoms with Gasteiger partial charge in [-0.3, -0.25) is 9.59 Å². The summed E-state index contributed by atoms with van der Waals surface area (Å²) < 4.78 is 1.59. The first-order chi connectivity index (χ1) is 8.97. The Kier molecular flexibility index (Phi) is 3.61. The van der Waals surface area contributed by atoms with Crippen molar-refractivity contribution in [2.24, 2.45) is 0 Å². The van der Waals surface area contributed by atoms with Gasteiger partial charge in [0.1, 0.15) is 0 Å². The number of nitrogen functional groups attached to an aromatic ring is 1. The monoisotopic (exact) mass is 323 g/mol. The number of hydrogen-bond acceptors (Lipinski definition) is 6. The quantitative estimate of drug-likeness (QED) is 0.865. The molecule has 1 aromatic carbocycles. The van der Waals surface area contributed by atoms with Crippen LogP contribution >= 0.6 is 15.9 Å². The molecule has 0 spiro atoms. The number of carbonyl (C=O) groups is 1. The van der Waals surface area contributed by atoms with Crippen LogP contribution in [0.3, 0.4) is 0 Å². The molecule has 0 fully saturated rings. The smallest absolute Gasteiger partial charge is 0.316 e. The van der Waals surface area contributed by atoms with Crippen molar-refractivity contribution in [1.29, 1.82) is 0 Å². The van der Waals surface area contributed by atoms with Crippen molar-refractivity contribution in [3.8, 4) is 0 Å². The highest BCUT2D eigenvalue weighted by Crippen LogP contribution is 2.16. The van der Waals surface area contributed by atoms with Crippen LogP contribution in [0.1, 0.15) is 11.7 Å². The fourth-order valence-corrected chi connectivity index (χ4v) is 1.63. The van der Waals surface area contributed by atoms with Gasteiger partial charge in [-0.1, -0.05) is 15.9 Å². The maximum atomic E-state index is 11.5. The SMILES string of the molecule is CC(=O)n1nc(Nc2ccc(Br)cc2)nc(N)c1=O. The summed E-state index contributed by atoms with van der Waals surface area (Å²) in [6.07, 6.45) is 0. The highest BCUT2D eigenvalue weighted by atomic mass is 79.9. The second kappa shape index (κ2) is 5.19. The van der Waals surface area contributed by atoms with Gasteiger partial charge >= 0.3 is 5.56 Å². The van der Waals surface area contributed by atoms with Gasteiger partial charge < -0.3 is 11.1 Å². The number of benzene rings is 1. The molecule has 3 N–H and O–H groups in total. The topological polar surface area (TPSA) is 103 Å². The molecule has 2 rings (SSSR count). The number of hydrogen-bond donors (Lipinski definition) is 2. The number of carbonyl (C=O) groups excluding carboxylic acids is 1. The first-order valence-electron chi connectivity index (χ1n) is 5.28. The fraction of sp³-hybridized carbons (Fsp3) is 0.0909. The molecule has 0 unspecified atom stereocenters. The van der Waals surface area contributed by atoms with Crippen molar-refractivity contribution < 1.29 is 4.79 Å². The third-order valence-electron chi connectivity index (χ3n) is 2.23. The van der Waals surface area contributed by atoms with E-state index >= 15 is 0 Å². The predicted octanol–water partition coefficient (Wildman–Crippen LogP) is 1.39. The Morgan fingerprint density at radius 1 is 1.37 bits per heavy atom. The third-order valence-corrected chi connectivity index (χ3v) is 2.76. The predicted molar refractivity (Wildman–Crippen MR) is 74.4 cm³/mol. The number of rotatable bonds is 2. The summed E-state index contributed by atoms with van der Waals surface area (Å²) in [5.74, 6) is -0.739. The third kappa shape index (κ3) is 2.97. The Morgan fingerprint density at radius 2 is 2.00 bits per heavy atom. The molecule has 0 bridgehead atoms. The molecule has 1 aromatic heterocycles. The summed E-state index contributed by atoms with van der Waals surface area (Å²) in [5, 5.41) is 6.65. The minimum atomic E-state index is -0.728. The molecule has 0 radical (unpaired) electrons. The Hall–Kier alpha value is -2.22. The number of aromatic nitrogens is 3. The Bertz CT molecular complexity index is 680. The molecule has 0 saturated carbocycles. The van der Waals surface area contributed by atoms with Crippen LogP contribution in [-0.2, 0) is 0 Å². The molecular weight excluding hydrogens is 314 g/mol. The molecule has 98 valence electrons. The molecule has 19 heavy (non-hydrogen) atoms. The molecule has 8 heteroatoms. The van der Waals surface area contributed by atoms with Gasteiger partial charge in [-0.2, -0.15) is 9.67 Å². The average molecular weight is 324 g/mol. The molecule has 2 aromatic rings. The molecule has 0 aliphatic heterocycles. The molecule has 0 atom stereocenters. The second-order valence-corrected chi connectivity index (χ2v) is 4.60. The van der Waals surface area contributed by atoms with Crippen LogP contribution in [0.5, 0.6) is 0 Å². The van der Waals surface area contributed by atoms with Crippen LogP contribution in [0, 0.1) is 0 Å². The minimum absolute atomic E-state index is 0.0784. The number of nitrogens with one attached hydrogen (secondary N) is 1. The highest BCUT2D eigenvalue weighted by Gasteiger charge is 2.10. The van der Waals surface area contributed by atoms with Crippen LogP contribution < -0.4 is 16.6 Å². The maximum absolute atomic E-state index is 11.5. The minimum Gasteiger partial charge on any atom is -0.379 e. The molecule has 0 saturated heterocycles. The van der Waals surface area contributed by atoms with Crippen LogP contribution in [0.25, 0.3) is 0 Å². The summed E-state index contributed by atoms with van der Waals surface area (Å²) >= 11 is 3.31. The van der Waals surface area contributed by atoms with Gasteiger partial charge in [0.15, 0.2) is 5.82 Å². The van der Waals surface area contributed by atoms with E-state index in [0.717, 1.165) is 4.47 Å². The number of nitrogens with zero attached hydrogens (tertiary/aromatic N) is 3. The van der Waals surface area contributed by atoms with Crippen LogP contribution in [-0.4, -0.2) is 20.7 Å². The van der Waals surface area contributed by atoms with E-state index in [9.17, 15) is 9.59 Å². The van der Waals surface area contributed by atoms with Crippen LogP contribution in [0.2, 0.25) is 0 Å². The zero-order chi connectivity index (χ0) is 14.0. The summed E-state index contributed by atoms with van der Waals surface area (Å²) in [5.41, 5.74) is 5.43. The van der Waals surface area contributed by atoms with E-state index < -0.39 is 11.5 Å². The largest absolute Gasteiger partial charge is 0.379 e. The van der Waals surface area contributed by atoms with E-state index in [4.69, 9.17) is 5.73 Å². The van der Waals surface area contributed by atoms with E-state index in [1.807, 2.05) is 12.1 Å². The first-order valence-corrected chi connectivity index (χ1v) is 6.07. The summed E-state index contributed by atoms with van der Waals surface area (Å²) in [7, 11) is 0. The van der Waals surface area contributed by atoms with Gasteiger partial charge in [-0.25, -0.2) is 0 Å². The fourth-order valence-electron chi connectivity index (χ4n) is 1.36. The standard InChI is InChI=1S/C11H10BrN5O2/c1-6(18)17-10(19)9(13)15-11(16-17)14-8-4-2-7(12)3-5-8/h2-5H,1H3,(H3,13,14,15,16). The van der Waals surface area contributed by atoms with Gasteiger partial charge in [0.2, 0.25) is 11.9 Å². The molecule has 1 heterocycles. The highest BCUT2D eigenvalue weighted by molar-refractivity contribution is 9.10. The van der Waals surface area contributed by atoms with Crippen LogP contribution in [0.15, 0.2) is 33.5 Å². The number of halogens is 1. The molecule has 7 nitrogen and oxygen atoms in total. The van der Waals surface area contributed by atoms with E-state index in [-0.39, 0.29) is 11.8 Å². The van der Waals surface area contributed by atoms with Gasteiger partial charge in [-0.15, -0.1) is 5.10 Å². The first kappa shape index (κ1) is 13.2. The lowest BCUT2D eigenvalue weighted by molar-refractivity contribution is 0.0915. The molecule has 0 aliphatic carbocycles. The maximum Gasteiger partial charge on any atom is 0.316 e. The number of nitrogens with two attached hydrogens (primary N) is 1. The van der Waals surface area contributed by atoms with E-state index in [1.54, 1.807) is 12.1 Å². The van der Waals surface area contributed by atoms with E-state index in [0.29, 0.717) is 10.4 Å². The summed E-state index contributed by atoms with van der Waals surface area (Å²) in [4.78, 5) is 26.6. The Labute approximate surface area is 116 Å². The lowest BCUT2D eigenvalue weighted by atomic mass is 10.3. The van der Waals surface area contributed by atoms with Crippen molar-refractivity contribution in [1.82, 2.24) is 14.8 Å². The van der Waals surface area contributed by atoms with Crippen LogP contribution in [0.4, 0.5) is 17.5 Å². The van der Waals surface area contributed by atoms with Crippen molar-refractivity contribution in [2.45, 2.75) is 6.92 Å². The normalized spacial score (nSPS) is 10.2. The Morgan fingerprint density at radius 3 is 2.58 bits per heavy atom. The van der Waals surface area contributed by atoms with Crippen molar-refractivity contribution in [3.63, 3.8) is 0 Å². The van der Waals surface area contributed by atoms with Crippen molar-refractivity contribution in [3.05, 3.63) is 39.1 Å². The molecule has 0 aliphatic rings. The van der Waals surface area contributed by atoms with Crippen molar-refractivity contribution >= 4 is 39.3 Å². The van der Waals surface area contributed by atoms with Gasteiger partial charge in [0, 0.05) is 17.1 Å². The molecular formula is C11H10BrN5O2. The molecule has 0 amide bonds. The number of anilines is 3. The van der Waals surface area contributed by atoms with Crippen molar-refractivity contribution in [2.75, 3.05) is 11.1 Å². The summed E-state index contributed by atoms with van der Waals surface area (Å²) in [6, 6.07) is 7.22. The lowest BCUT2D eigenvalue weighted by Crippen LogP contribution is -2.31. The zero-order valence-corrected chi connectivity index (χ0v) is 11.5. The zero-order valence-electron chi connectivity index (χ0n) is 9.92.